The van der Waals surface area contributed by atoms with E-state index in [1.54, 1.807) is 0 Å². The van der Waals surface area contributed by atoms with Gasteiger partial charge in [0.1, 0.15) is 0 Å². The second-order valence-corrected chi connectivity index (χ2v) is 3.61. The van der Waals surface area contributed by atoms with Crippen LogP contribution in [-0.2, 0) is 9.59 Å². The maximum absolute atomic E-state index is 11.4. The minimum Gasteiger partial charge on any atom is -0.327 e. The second-order valence-electron chi connectivity index (χ2n) is 3.61. The lowest BCUT2D eigenvalue weighted by molar-refractivity contribution is -0.141. The summed E-state index contributed by atoms with van der Waals surface area (Å²) in [6, 6.07) is 2.75. The number of hydrogen-bond donors (Lipinski definition) is 0. The Morgan fingerprint density at radius 3 is 1.64 bits per heavy atom. The van der Waals surface area contributed by atoms with E-state index >= 15 is 0 Å². The summed E-state index contributed by atoms with van der Waals surface area (Å²) in [4.78, 5) is 61.1. The van der Waals surface area contributed by atoms with Crippen molar-refractivity contribution in [1.82, 2.24) is 19.4 Å². The van der Waals surface area contributed by atoms with Gasteiger partial charge >= 0.3 is 23.3 Å². The topological polar surface area (TPSA) is 122 Å². The molecule has 112 valence electrons. The molecule has 2 rings (SSSR count). The van der Waals surface area contributed by atoms with Gasteiger partial charge in [-0.1, -0.05) is 0 Å². The van der Waals surface area contributed by atoms with Gasteiger partial charge in [-0.25, -0.2) is 19.2 Å². The predicted molar refractivity (Wildman–Crippen MR) is 69.3 cm³/mol. The van der Waals surface area contributed by atoms with Crippen molar-refractivity contribution in [2.24, 2.45) is 0 Å². The molecule has 0 radical (unpaired) electrons. The molecular weight excluding hydrogens is 296 g/mol. The van der Waals surface area contributed by atoms with Crippen molar-refractivity contribution in [3.63, 3.8) is 0 Å². The van der Waals surface area contributed by atoms with Gasteiger partial charge in [-0.05, 0) is 12.1 Å². The zero-order valence-electron chi connectivity index (χ0n) is 10.9. The Hall–Kier alpha value is -3.56. The predicted octanol–water partition coefficient (Wildman–Crippen LogP) is -2.03. The summed E-state index contributed by atoms with van der Waals surface area (Å²) in [5.74, 6) is -2.02. The summed E-state index contributed by atoms with van der Waals surface area (Å²) in [6.45, 7) is 0. The van der Waals surface area contributed by atoms with Crippen LogP contribution < -0.4 is 21.1 Å². The fourth-order valence-electron chi connectivity index (χ4n) is 1.22. The van der Waals surface area contributed by atoms with Crippen LogP contribution in [0.5, 0.6) is 0 Å². The number of hydrogen-bond acceptors (Lipinski definition) is 8. The molecule has 0 atom stereocenters. The fraction of sp³-hybridized carbons (Fsp3) is 0. The van der Waals surface area contributed by atoms with Crippen LogP contribution in [0.3, 0.4) is 0 Å². The summed E-state index contributed by atoms with van der Waals surface area (Å²) < 4.78 is 1.17. The molecule has 0 bridgehead atoms. The molecule has 0 unspecified atom stereocenters. The first-order valence-electron chi connectivity index (χ1n) is 5.76. The quantitative estimate of drug-likeness (QED) is 0.592. The van der Waals surface area contributed by atoms with E-state index in [1.165, 1.54) is 36.9 Å². The Morgan fingerprint density at radius 1 is 0.864 bits per heavy atom. The lowest BCUT2D eigenvalue weighted by Crippen LogP contribution is -2.32. The summed E-state index contributed by atoms with van der Waals surface area (Å²) in [6.07, 6.45) is 6.26. The minimum atomic E-state index is -1.01. The van der Waals surface area contributed by atoms with Crippen molar-refractivity contribution >= 4 is 11.9 Å². The molecule has 2 aromatic heterocycles. The zero-order chi connectivity index (χ0) is 15.9. The van der Waals surface area contributed by atoms with Gasteiger partial charge in [-0.2, -0.15) is 9.97 Å². The van der Waals surface area contributed by atoms with E-state index in [4.69, 9.17) is 0 Å². The Labute approximate surface area is 121 Å². The van der Waals surface area contributed by atoms with Gasteiger partial charge in [0.15, 0.2) is 0 Å². The standard InChI is InChI=1S/C12H8N4O6/c17-9(21-15-7-1-5-13-11(15)19)3-4-10(18)22-16-8-2-6-14-12(16)20/h1-8H/b4-3-. The second kappa shape index (κ2) is 6.74. The molecule has 10 nitrogen and oxygen atoms in total. The number of rotatable bonds is 4. The van der Waals surface area contributed by atoms with Crippen molar-refractivity contribution in [2.45, 2.75) is 0 Å². The van der Waals surface area contributed by atoms with Crippen molar-refractivity contribution in [3.05, 3.63) is 70.0 Å². The monoisotopic (exact) mass is 304 g/mol. The number of carbonyl (C=O) groups excluding carboxylic acids is 2. The number of carbonyl (C=O) groups is 2. The summed E-state index contributed by atoms with van der Waals surface area (Å²) in [7, 11) is 0. The summed E-state index contributed by atoms with van der Waals surface area (Å²) in [5, 5.41) is 0. The molecule has 0 aromatic carbocycles. The van der Waals surface area contributed by atoms with Crippen LogP contribution in [0.2, 0.25) is 0 Å². The molecule has 0 amide bonds. The third-order valence-corrected chi connectivity index (χ3v) is 2.09. The van der Waals surface area contributed by atoms with Gasteiger partial charge in [0.2, 0.25) is 0 Å². The molecule has 2 aromatic rings. The molecule has 22 heavy (non-hydrogen) atoms. The van der Waals surface area contributed by atoms with Gasteiger partial charge in [0, 0.05) is 24.5 Å². The highest BCUT2D eigenvalue weighted by Crippen LogP contribution is 1.82. The molecule has 0 spiro atoms. The lowest BCUT2D eigenvalue weighted by Gasteiger charge is -2.02. The molecule has 10 heteroatoms. The van der Waals surface area contributed by atoms with E-state index in [0.717, 1.165) is 12.2 Å². The number of nitrogens with zero attached hydrogens (tertiary/aromatic N) is 4. The van der Waals surface area contributed by atoms with Gasteiger partial charge in [-0.3, -0.25) is 0 Å². The first kappa shape index (κ1) is 14.8. The minimum absolute atomic E-state index is 0.587. The van der Waals surface area contributed by atoms with Gasteiger partial charge < -0.3 is 9.68 Å². The van der Waals surface area contributed by atoms with E-state index in [9.17, 15) is 19.2 Å². The highest BCUT2D eigenvalue weighted by molar-refractivity contribution is 5.91. The third kappa shape index (κ3) is 3.96. The highest BCUT2D eigenvalue weighted by Gasteiger charge is 2.05. The fourth-order valence-corrected chi connectivity index (χ4v) is 1.22. The molecule has 0 fully saturated rings. The van der Waals surface area contributed by atoms with E-state index in [2.05, 4.69) is 19.6 Å². The molecule has 0 aliphatic carbocycles. The summed E-state index contributed by atoms with van der Waals surface area (Å²) in [5.41, 5.74) is -1.59. The molecule has 0 N–H and O–H groups in total. The van der Waals surface area contributed by atoms with Crippen molar-refractivity contribution < 1.29 is 19.3 Å². The van der Waals surface area contributed by atoms with E-state index in [-0.39, 0.29) is 0 Å². The molecule has 0 aliphatic heterocycles. The average Bonchev–Trinajstić information content (AvgIpc) is 2.50. The first-order chi connectivity index (χ1) is 10.6. The molecular formula is C12H8N4O6. The van der Waals surface area contributed by atoms with Crippen LogP contribution in [-0.4, -0.2) is 31.4 Å². The molecule has 2 heterocycles. The van der Waals surface area contributed by atoms with Gasteiger partial charge in [-0.15, -0.1) is 9.46 Å². The normalized spacial score (nSPS) is 10.4. The maximum Gasteiger partial charge on any atom is 0.380 e. The summed E-state index contributed by atoms with van der Waals surface area (Å²) >= 11 is 0. The lowest BCUT2D eigenvalue weighted by atomic mass is 10.5. The van der Waals surface area contributed by atoms with Crippen molar-refractivity contribution in [2.75, 3.05) is 0 Å². The van der Waals surface area contributed by atoms with Crippen LogP contribution in [0.1, 0.15) is 0 Å². The highest BCUT2D eigenvalue weighted by atomic mass is 16.7. The van der Waals surface area contributed by atoms with Crippen LogP contribution >= 0.6 is 0 Å². The Morgan fingerprint density at radius 2 is 1.27 bits per heavy atom. The molecule has 0 saturated heterocycles. The third-order valence-electron chi connectivity index (χ3n) is 2.09. The average molecular weight is 304 g/mol. The van der Waals surface area contributed by atoms with E-state index < -0.39 is 23.3 Å². The van der Waals surface area contributed by atoms with Crippen molar-refractivity contribution in [3.8, 4) is 0 Å². The smallest absolute Gasteiger partial charge is 0.327 e. The van der Waals surface area contributed by atoms with Crippen LogP contribution in [0.25, 0.3) is 0 Å². The Balaban J connectivity index is 1.97. The maximum atomic E-state index is 11.4. The van der Waals surface area contributed by atoms with E-state index in [1.807, 2.05) is 0 Å². The van der Waals surface area contributed by atoms with E-state index in [0.29, 0.717) is 9.46 Å². The molecule has 0 saturated carbocycles. The SMILES string of the molecule is O=C(/C=C\C(=O)On1cccnc1=O)On1cccnc1=O. The van der Waals surface area contributed by atoms with Crippen LogP contribution in [0.15, 0.2) is 58.7 Å². The van der Waals surface area contributed by atoms with Gasteiger partial charge in [0.05, 0.1) is 12.4 Å². The zero-order valence-corrected chi connectivity index (χ0v) is 10.9. The Kier molecular flexibility index (Phi) is 4.55. The van der Waals surface area contributed by atoms with Crippen LogP contribution in [0, 0.1) is 0 Å². The Bertz CT molecular complexity index is 768. The van der Waals surface area contributed by atoms with Gasteiger partial charge in [0.25, 0.3) is 0 Å². The first-order valence-corrected chi connectivity index (χ1v) is 5.76. The molecule has 0 aliphatic rings. The van der Waals surface area contributed by atoms with Crippen molar-refractivity contribution in [1.29, 1.82) is 0 Å². The number of aromatic nitrogens is 4. The largest absolute Gasteiger partial charge is 0.380 e. The van der Waals surface area contributed by atoms with Crippen LogP contribution in [0.4, 0.5) is 0 Å².